The molecule has 1 unspecified atom stereocenters. The van der Waals surface area contributed by atoms with Crippen molar-refractivity contribution < 1.29 is 14.3 Å². The Morgan fingerprint density at radius 1 is 1.48 bits per heavy atom. The minimum atomic E-state index is -0.647. The van der Waals surface area contributed by atoms with Crippen molar-refractivity contribution in [1.29, 1.82) is 0 Å². The molecule has 2 heterocycles. The normalized spacial score (nSPS) is 18.9. The number of carbonyl (C=O) groups is 1. The summed E-state index contributed by atoms with van der Waals surface area (Å²) in [6.07, 6.45) is 4.04. The van der Waals surface area contributed by atoms with Crippen LogP contribution in [0, 0.1) is 5.95 Å². The molecule has 0 radical (unpaired) electrons. The van der Waals surface area contributed by atoms with Gasteiger partial charge in [0.15, 0.2) is 0 Å². The first-order valence-electron chi connectivity index (χ1n) is 7.46. The fourth-order valence-electron chi connectivity index (χ4n) is 2.66. The van der Waals surface area contributed by atoms with Gasteiger partial charge in [0.05, 0.1) is 6.61 Å². The van der Waals surface area contributed by atoms with E-state index in [0.717, 1.165) is 38.8 Å². The van der Waals surface area contributed by atoms with E-state index in [1.54, 1.807) is 0 Å². The number of likely N-dealkylation sites (tertiary alicyclic amines) is 1. The summed E-state index contributed by atoms with van der Waals surface area (Å²) >= 11 is 0. The number of hydrogen-bond acceptors (Lipinski definition) is 4. The number of aromatic nitrogens is 1. The third kappa shape index (κ3) is 4.75. The van der Waals surface area contributed by atoms with Crippen molar-refractivity contribution in [1.82, 2.24) is 15.2 Å². The van der Waals surface area contributed by atoms with Crippen LogP contribution in [0.15, 0.2) is 18.2 Å². The summed E-state index contributed by atoms with van der Waals surface area (Å²) in [5, 5.41) is 12.0. The molecule has 21 heavy (non-hydrogen) atoms. The Labute approximate surface area is 124 Å². The van der Waals surface area contributed by atoms with Crippen molar-refractivity contribution >= 4 is 5.91 Å². The molecular weight excluding hydrogens is 273 g/mol. The van der Waals surface area contributed by atoms with E-state index in [-0.39, 0.29) is 18.2 Å². The highest BCUT2D eigenvalue weighted by molar-refractivity contribution is 5.92. The van der Waals surface area contributed by atoms with Crippen LogP contribution in [0.5, 0.6) is 0 Å². The molecule has 1 aliphatic heterocycles. The highest BCUT2D eigenvalue weighted by atomic mass is 19.1. The van der Waals surface area contributed by atoms with E-state index in [1.807, 2.05) is 0 Å². The fourth-order valence-corrected chi connectivity index (χ4v) is 2.66. The molecule has 0 saturated carbocycles. The van der Waals surface area contributed by atoms with E-state index in [0.29, 0.717) is 12.6 Å². The first kappa shape index (κ1) is 15.9. The van der Waals surface area contributed by atoms with Gasteiger partial charge in [-0.2, -0.15) is 4.39 Å². The number of amides is 1. The number of carbonyl (C=O) groups excluding carboxylic acids is 1. The van der Waals surface area contributed by atoms with Crippen LogP contribution in [-0.2, 0) is 0 Å². The number of nitrogens with zero attached hydrogens (tertiary/aromatic N) is 2. The molecule has 0 spiro atoms. The second kappa shape index (κ2) is 8.05. The Morgan fingerprint density at radius 2 is 2.33 bits per heavy atom. The zero-order valence-corrected chi connectivity index (χ0v) is 12.1. The van der Waals surface area contributed by atoms with Crippen molar-refractivity contribution in [3.05, 3.63) is 29.8 Å². The molecule has 1 atom stereocenters. The van der Waals surface area contributed by atoms with Gasteiger partial charge in [-0.25, -0.2) is 4.98 Å². The van der Waals surface area contributed by atoms with Crippen LogP contribution < -0.4 is 5.32 Å². The third-order valence-electron chi connectivity index (χ3n) is 3.82. The summed E-state index contributed by atoms with van der Waals surface area (Å²) in [6.45, 7) is 2.76. The van der Waals surface area contributed by atoms with Gasteiger partial charge in [0.2, 0.25) is 5.95 Å². The van der Waals surface area contributed by atoms with Gasteiger partial charge < -0.3 is 10.4 Å². The van der Waals surface area contributed by atoms with Crippen LogP contribution in [0.2, 0.25) is 0 Å². The van der Waals surface area contributed by atoms with E-state index < -0.39 is 5.95 Å². The number of aliphatic hydroxyl groups is 1. The first-order valence-corrected chi connectivity index (χ1v) is 7.46. The maximum atomic E-state index is 12.9. The molecule has 1 amide bonds. The van der Waals surface area contributed by atoms with Gasteiger partial charge >= 0.3 is 0 Å². The molecule has 0 aromatic carbocycles. The largest absolute Gasteiger partial charge is 0.395 e. The molecule has 1 aromatic rings. The lowest BCUT2D eigenvalue weighted by molar-refractivity contribution is 0.0946. The molecule has 6 heteroatoms. The average Bonchev–Trinajstić information content (AvgIpc) is 2.94. The molecule has 0 aliphatic carbocycles. The zero-order valence-electron chi connectivity index (χ0n) is 12.1. The maximum Gasteiger partial charge on any atom is 0.269 e. The van der Waals surface area contributed by atoms with E-state index in [4.69, 9.17) is 0 Å². The number of hydrogen-bond donors (Lipinski definition) is 2. The summed E-state index contributed by atoms with van der Waals surface area (Å²) in [5.41, 5.74) is 0.106. The standard InChI is InChI=1S/C15H22FN3O2/c16-14-7-3-6-13(18-14)15(21)17-8-1-2-9-19-10-4-5-12(19)11-20/h3,6-7,12,20H,1-2,4-5,8-11H2,(H,17,21). The Balaban J connectivity index is 1.62. The summed E-state index contributed by atoms with van der Waals surface area (Å²) < 4.78 is 12.9. The first-order chi connectivity index (χ1) is 10.2. The van der Waals surface area contributed by atoms with Crippen molar-refractivity contribution in [2.75, 3.05) is 26.2 Å². The molecular formula is C15H22FN3O2. The molecule has 2 N–H and O–H groups in total. The summed E-state index contributed by atoms with van der Waals surface area (Å²) in [6, 6.07) is 4.48. The lowest BCUT2D eigenvalue weighted by Crippen LogP contribution is -2.33. The minimum Gasteiger partial charge on any atom is -0.395 e. The van der Waals surface area contributed by atoms with Crippen LogP contribution in [-0.4, -0.2) is 53.2 Å². The smallest absolute Gasteiger partial charge is 0.269 e. The number of pyridine rings is 1. The highest BCUT2D eigenvalue weighted by Crippen LogP contribution is 2.16. The van der Waals surface area contributed by atoms with Crippen LogP contribution in [0.4, 0.5) is 4.39 Å². The van der Waals surface area contributed by atoms with Crippen LogP contribution >= 0.6 is 0 Å². The Hall–Kier alpha value is -1.53. The fraction of sp³-hybridized carbons (Fsp3) is 0.600. The maximum absolute atomic E-state index is 12.9. The zero-order chi connectivity index (χ0) is 15.1. The van der Waals surface area contributed by atoms with Crippen molar-refractivity contribution in [2.24, 2.45) is 0 Å². The number of aliphatic hydroxyl groups excluding tert-OH is 1. The average molecular weight is 295 g/mol. The van der Waals surface area contributed by atoms with Crippen LogP contribution in [0.3, 0.4) is 0 Å². The Kier molecular flexibility index (Phi) is 6.07. The van der Waals surface area contributed by atoms with E-state index in [2.05, 4.69) is 15.2 Å². The number of nitrogens with one attached hydrogen (secondary N) is 1. The third-order valence-corrected chi connectivity index (χ3v) is 3.82. The lowest BCUT2D eigenvalue weighted by atomic mass is 10.2. The van der Waals surface area contributed by atoms with Gasteiger partial charge in [-0.05, 0) is 50.9 Å². The Bertz CT molecular complexity index is 470. The van der Waals surface area contributed by atoms with Gasteiger partial charge in [-0.3, -0.25) is 9.69 Å². The van der Waals surface area contributed by atoms with E-state index >= 15 is 0 Å². The van der Waals surface area contributed by atoms with Gasteiger partial charge in [-0.15, -0.1) is 0 Å². The topological polar surface area (TPSA) is 65.5 Å². The predicted octanol–water partition coefficient (Wildman–Crippen LogP) is 1.19. The number of unbranched alkanes of at least 4 members (excludes halogenated alkanes) is 1. The SMILES string of the molecule is O=C(NCCCCN1CCCC1CO)c1cccc(F)n1. The van der Waals surface area contributed by atoms with Gasteiger partial charge in [0.25, 0.3) is 5.91 Å². The van der Waals surface area contributed by atoms with Crippen molar-refractivity contribution in [3.63, 3.8) is 0 Å². The second-order valence-corrected chi connectivity index (χ2v) is 5.32. The second-order valence-electron chi connectivity index (χ2n) is 5.32. The minimum absolute atomic E-state index is 0.106. The molecule has 116 valence electrons. The van der Waals surface area contributed by atoms with Gasteiger partial charge in [0, 0.05) is 12.6 Å². The molecule has 0 bridgehead atoms. The van der Waals surface area contributed by atoms with Gasteiger partial charge in [0.1, 0.15) is 5.69 Å². The van der Waals surface area contributed by atoms with Gasteiger partial charge in [-0.1, -0.05) is 6.07 Å². The van der Waals surface area contributed by atoms with Crippen LogP contribution in [0.1, 0.15) is 36.2 Å². The van der Waals surface area contributed by atoms with E-state index in [9.17, 15) is 14.3 Å². The predicted molar refractivity (Wildman–Crippen MR) is 77.4 cm³/mol. The summed E-state index contributed by atoms with van der Waals surface area (Å²) in [4.78, 5) is 17.6. The lowest BCUT2D eigenvalue weighted by Gasteiger charge is -2.22. The molecule has 1 aromatic heterocycles. The molecule has 1 fully saturated rings. The van der Waals surface area contributed by atoms with Crippen molar-refractivity contribution in [2.45, 2.75) is 31.7 Å². The van der Waals surface area contributed by atoms with Crippen LogP contribution in [0.25, 0.3) is 0 Å². The molecule has 2 rings (SSSR count). The number of halogens is 1. The molecule has 1 saturated heterocycles. The summed E-state index contributed by atoms with van der Waals surface area (Å²) in [7, 11) is 0. The quantitative estimate of drug-likeness (QED) is 0.586. The monoisotopic (exact) mass is 295 g/mol. The molecule has 1 aliphatic rings. The van der Waals surface area contributed by atoms with E-state index in [1.165, 1.54) is 18.2 Å². The van der Waals surface area contributed by atoms with Crippen molar-refractivity contribution in [3.8, 4) is 0 Å². The molecule has 5 nitrogen and oxygen atoms in total. The highest BCUT2D eigenvalue weighted by Gasteiger charge is 2.22. The summed E-state index contributed by atoms with van der Waals surface area (Å²) in [5.74, 6) is -0.990. The number of rotatable bonds is 7. The Morgan fingerprint density at radius 3 is 3.10 bits per heavy atom.